The fourth-order valence-electron chi connectivity index (χ4n) is 0. The van der Waals surface area contributed by atoms with Crippen LogP contribution in [0, 0.1) is 6.92 Å². The van der Waals surface area contributed by atoms with Crippen molar-refractivity contribution in [3.63, 3.8) is 0 Å². The van der Waals surface area contributed by atoms with Crippen LogP contribution in [0.3, 0.4) is 0 Å². The zero-order chi connectivity index (χ0) is 4.28. The fourth-order valence-corrected chi connectivity index (χ4v) is 0. The largest absolute Gasteiger partial charge is 0.298 e. The van der Waals surface area contributed by atoms with Crippen molar-refractivity contribution < 1.29 is 4.79 Å². The molecule has 28 valence electrons. The maximum absolute atomic E-state index is 9.46. The lowest BCUT2D eigenvalue weighted by atomic mass is 10.5. The molecule has 0 aromatic carbocycles. The van der Waals surface area contributed by atoms with Crippen LogP contribution in [0.25, 0.3) is 0 Å². The van der Waals surface area contributed by atoms with Crippen molar-refractivity contribution in [3.05, 3.63) is 6.92 Å². The Bertz CT molecular complexity index is 42.2. The summed E-state index contributed by atoms with van der Waals surface area (Å²) in [5.41, 5.74) is 0. The fraction of sp³-hybridized carbons (Fsp3) is 0.333. The van der Waals surface area contributed by atoms with E-state index in [-0.39, 0.29) is 5.88 Å². The zero-order valence-corrected chi connectivity index (χ0v) is 3.33. The highest BCUT2D eigenvalue weighted by atomic mass is 35.5. The molecule has 2 heteroatoms. The summed E-state index contributed by atoms with van der Waals surface area (Å²) < 4.78 is 0. The third-order valence-electron chi connectivity index (χ3n) is 0.132. The van der Waals surface area contributed by atoms with Crippen LogP contribution in [0.15, 0.2) is 0 Å². The van der Waals surface area contributed by atoms with Gasteiger partial charge < -0.3 is 0 Å². The Morgan fingerprint density at radius 2 is 2.20 bits per heavy atom. The predicted octanol–water partition coefficient (Wildman–Crippen LogP) is 0.505. The smallest absolute Gasteiger partial charge is 0.152 e. The zero-order valence-electron chi connectivity index (χ0n) is 2.57. The summed E-state index contributed by atoms with van der Waals surface area (Å²) in [5.74, 6) is -0.563. The van der Waals surface area contributed by atoms with Crippen LogP contribution in [0.1, 0.15) is 0 Å². The first-order valence-corrected chi connectivity index (χ1v) is 1.65. The summed E-state index contributed by atoms with van der Waals surface area (Å²) in [6.45, 7) is 4.52. The number of carbonyl (C=O) groups is 1. The topological polar surface area (TPSA) is 17.1 Å². The number of ketones is 1. The van der Waals surface area contributed by atoms with E-state index < -0.39 is 5.78 Å². The number of rotatable bonds is 1. The molecule has 0 saturated carbocycles. The molecule has 0 aliphatic rings. The van der Waals surface area contributed by atoms with Crippen molar-refractivity contribution in [2.24, 2.45) is 0 Å². The average Bonchev–Trinajstić information content (AvgIpc) is 1.38. The third-order valence-corrected chi connectivity index (χ3v) is 0.395. The first-order valence-electron chi connectivity index (χ1n) is 1.11. The lowest BCUT2D eigenvalue weighted by molar-refractivity contribution is -0.112. The van der Waals surface area contributed by atoms with Gasteiger partial charge in [-0.15, -0.1) is 11.6 Å². The Kier molecular flexibility index (Phi) is 2.19. The monoisotopic (exact) mass is 90.0 g/mol. The summed E-state index contributed by atoms with van der Waals surface area (Å²) in [4.78, 5) is 9.46. The van der Waals surface area contributed by atoms with E-state index in [2.05, 4.69) is 6.92 Å². The molecule has 0 aromatic heterocycles. The highest BCUT2D eigenvalue weighted by Gasteiger charge is 1.80. The minimum Gasteiger partial charge on any atom is -0.298 e. The molecule has 0 heterocycles. The Hall–Kier alpha value is -0.0400. The van der Waals surface area contributed by atoms with Crippen LogP contribution in [-0.2, 0) is 4.79 Å². The van der Waals surface area contributed by atoms with Crippen LogP contribution in [0.5, 0.6) is 0 Å². The maximum Gasteiger partial charge on any atom is 0.152 e. The van der Waals surface area contributed by atoms with Gasteiger partial charge in [-0.2, -0.15) is 0 Å². The summed E-state index contributed by atoms with van der Waals surface area (Å²) in [6, 6.07) is 0. The molecule has 0 saturated heterocycles. The van der Waals surface area contributed by atoms with E-state index in [1.54, 1.807) is 0 Å². The van der Waals surface area contributed by atoms with E-state index in [0.29, 0.717) is 0 Å². The van der Waals surface area contributed by atoms with Gasteiger partial charge in [0.25, 0.3) is 0 Å². The van der Waals surface area contributed by atoms with Gasteiger partial charge in [0.2, 0.25) is 0 Å². The van der Waals surface area contributed by atoms with E-state index in [4.69, 9.17) is 11.6 Å². The highest BCUT2D eigenvalue weighted by Crippen LogP contribution is 1.70. The first kappa shape index (κ1) is 4.96. The van der Waals surface area contributed by atoms with Gasteiger partial charge in [-0.3, -0.25) is 4.79 Å². The molecular formula is C3H3ClO. The van der Waals surface area contributed by atoms with Crippen molar-refractivity contribution >= 4 is 17.4 Å². The van der Waals surface area contributed by atoms with Crippen molar-refractivity contribution in [1.82, 2.24) is 0 Å². The van der Waals surface area contributed by atoms with Crippen LogP contribution < -0.4 is 0 Å². The second-order valence-electron chi connectivity index (χ2n) is 0.600. The van der Waals surface area contributed by atoms with E-state index in [1.165, 1.54) is 0 Å². The maximum atomic E-state index is 9.46. The van der Waals surface area contributed by atoms with Crippen molar-refractivity contribution in [2.45, 2.75) is 0 Å². The number of carbonyl (C=O) groups excluding carboxylic acids is 1. The van der Waals surface area contributed by atoms with Gasteiger partial charge in [0.1, 0.15) is 0 Å². The van der Waals surface area contributed by atoms with Gasteiger partial charge in [-0.25, -0.2) is 0 Å². The van der Waals surface area contributed by atoms with Crippen molar-refractivity contribution in [2.75, 3.05) is 5.88 Å². The molecule has 0 aromatic rings. The standard InChI is InChI=1S/C3H3ClO/c1-3(5)2-4/h1H,2H2. The van der Waals surface area contributed by atoms with Gasteiger partial charge in [-0.05, 0) is 0 Å². The molecule has 0 N–H and O–H groups in total. The SMILES string of the molecule is [CH]C(=O)CCl. The summed E-state index contributed by atoms with van der Waals surface area (Å²) in [7, 11) is 0. The van der Waals surface area contributed by atoms with E-state index >= 15 is 0 Å². The molecule has 0 rings (SSSR count). The van der Waals surface area contributed by atoms with E-state index in [9.17, 15) is 4.79 Å². The number of hydrogen-bond acceptors (Lipinski definition) is 1. The van der Waals surface area contributed by atoms with Crippen LogP contribution >= 0.6 is 11.6 Å². The van der Waals surface area contributed by atoms with Crippen molar-refractivity contribution in [1.29, 1.82) is 0 Å². The number of Topliss-reactive ketones (excluding diaryl/α,β-unsaturated/α-hetero) is 1. The minimum atomic E-state index is -0.480. The molecule has 0 amide bonds. The van der Waals surface area contributed by atoms with Gasteiger partial charge >= 0.3 is 0 Å². The van der Waals surface area contributed by atoms with Gasteiger partial charge in [0, 0.05) is 6.92 Å². The molecule has 0 aliphatic carbocycles. The number of hydrogen-bond donors (Lipinski definition) is 0. The Morgan fingerprint density at radius 1 is 2.00 bits per heavy atom. The first-order chi connectivity index (χ1) is 2.27. The molecule has 0 bridgehead atoms. The number of alkyl halides is 1. The molecule has 5 heavy (non-hydrogen) atoms. The van der Waals surface area contributed by atoms with Crippen LogP contribution in [0.4, 0.5) is 0 Å². The lowest BCUT2D eigenvalue weighted by Gasteiger charge is -1.68. The Balaban J connectivity index is 2.85. The van der Waals surface area contributed by atoms with E-state index in [1.807, 2.05) is 0 Å². The quantitative estimate of drug-likeness (QED) is 0.429. The van der Waals surface area contributed by atoms with Crippen LogP contribution in [0.2, 0.25) is 0 Å². The summed E-state index contributed by atoms with van der Waals surface area (Å²) in [5, 5.41) is 0. The normalized spacial score (nSPS) is 7.60. The minimum absolute atomic E-state index is 0.0833. The molecule has 0 fully saturated rings. The van der Waals surface area contributed by atoms with Gasteiger partial charge in [0.05, 0.1) is 5.88 Å². The van der Waals surface area contributed by atoms with E-state index in [0.717, 1.165) is 0 Å². The summed E-state index contributed by atoms with van der Waals surface area (Å²) >= 11 is 4.86. The Labute approximate surface area is 35.9 Å². The van der Waals surface area contributed by atoms with Crippen LogP contribution in [-0.4, -0.2) is 11.7 Å². The second kappa shape index (κ2) is 2.21. The summed E-state index contributed by atoms with van der Waals surface area (Å²) in [6.07, 6.45) is 0. The average molecular weight is 90.5 g/mol. The molecular weight excluding hydrogens is 87.5 g/mol. The predicted molar refractivity (Wildman–Crippen MR) is 20.0 cm³/mol. The number of halogens is 1. The molecule has 1 nitrogen and oxygen atoms in total. The molecule has 0 spiro atoms. The third kappa shape index (κ3) is 3.96. The van der Waals surface area contributed by atoms with Gasteiger partial charge in [0.15, 0.2) is 5.78 Å². The molecule has 0 unspecified atom stereocenters. The van der Waals surface area contributed by atoms with Gasteiger partial charge in [-0.1, -0.05) is 0 Å². The Morgan fingerprint density at radius 3 is 2.20 bits per heavy atom. The molecule has 0 aliphatic heterocycles. The lowest BCUT2D eigenvalue weighted by Crippen LogP contribution is -1.87. The molecule has 0 atom stereocenters. The second-order valence-corrected chi connectivity index (χ2v) is 0.867. The van der Waals surface area contributed by atoms with Crippen molar-refractivity contribution in [3.8, 4) is 0 Å². The molecule has 2 radical (unpaired) electrons. The highest BCUT2D eigenvalue weighted by molar-refractivity contribution is 6.28.